The van der Waals surface area contributed by atoms with Gasteiger partial charge in [-0.05, 0) is 30.5 Å². The SMILES string of the molecule is CCOC(c1noc(-c2cccc(C#N)c2)n1)C(C)(C)C. The molecule has 1 unspecified atom stereocenters. The molecule has 2 aromatic rings. The average molecular weight is 285 g/mol. The van der Waals surface area contributed by atoms with Gasteiger partial charge in [-0.25, -0.2) is 0 Å². The van der Waals surface area contributed by atoms with E-state index in [1.807, 2.05) is 13.0 Å². The van der Waals surface area contributed by atoms with E-state index in [1.165, 1.54) is 0 Å². The van der Waals surface area contributed by atoms with Crippen LogP contribution in [0.15, 0.2) is 28.8 Å². The van der Waals surface area contributed by atoms with E-state index in [4.69, 9.17) is 14.5 Å². The van der Waals surface area contributed by atoms with Crippen LogP contribution in [-0.4, -0.2) is 16.7 Å². The molecule has 2 rings (SSSR count). The van der Waals surface area contributed by atoms with Crippen LogP contribution in [0.4, 0.5) is 0 Å². The summed E-state index contributed by atoms with van der Waals surface area (Å²) in [6, 6.07) is 9.19. The van der Waals surface area contributed by atoms with Gasteiger partial charge in [-0.3, -0.25) is 0 Å². The van der Waals surface area contributed by atoms with Crippen molar-refractivity contribution in [3.63, 3.8) is 0 Å². The van der Waals surface area contributed by atoms with Crippen LogP contribution in [0.2, 0.25) is 0 Å². The van der Waals surface area contributed by atoms with Crippen LogP contribution in [0.25, 0.3) is 11.5 Å². The van der Waals surface area contributed by atoms with Crippen LogP contribution >= 0.6 is 0 Å². The normalized spacial score (nSPS) is 12.9. The van der Waals surface area contributed by atoms with Gasteiger partial charge < -0.3 is 9.26 Å². The van der Waals surface area contributed by atoms with E-state index in [2.05, 4.69) is 37.0 Å². The van der Waals surface area contributed by atoms with E-state index in [0.717, 1.165) is 5.56 Å². The molecule has 0 saturated carbocycles. The van der Waals surface area contributed by atoms with Crippen LogP contribution in [0.1, 0.15) is 45.2 Å². The molecule has 0 radical (unpaired) electrons. The molecule has 5 heteroatoms. The van der Waals surface area contributed by atoms with Crippen molar-refractivity contribution < 1.29 is 9.26 Å². The lowest BCUT2D eigenvalue weighted by Crippen LogP contribution is -2.22. The average Bonchev–Trinajstić information content (AvgIpc) is 2.93. The summed E-state index contributed by atoms with van der Waals surface area (Å²) in [6.07, 6.45) is -0.237. The van der Waals surface area contributed by atoms with Crippen LogP contribution in [0.5, 0.6) is 0 Å². The summed E-state index contributed by atoms with van der Waals surface area (Å²) in [5.41, 5.74) is 1.16. The molecule has 5 nitrogen and oxygen atoms in total. The van der Waals surface area contributed by atoms with Crippen molar-refractivity contribution in [3.8, 4) is 17.5 Å². The van der Waals surface area contributed by atoms with E-state index in [0.29, 0.717) is 23.9 Å². The maximum absolute atomic E-state index is 8.94. The van der Waals surface area contributed by atoms with Crippen molar-refractivity contribution in [1.82, 2.24) is 10.1 Å². The van der Waals surface area contributed by atoms with Gasteiger partial charge in [-0.1, -0.05) is 32.0 Å². The highest BCUT2D eigenvalue weighted by Gasteiger charge is 2.31. The first kappa shape index (κ1) is 15.2. The molecule has 21 heavy (non-hydrogen) atoms. The van der Waals surface area contributed by atoms with Gasteiger partial charge in [0.1, 0.15) is 6.10 Å². The molecule has 0 N–H and O–H groups in total. The molecular formula is C16H19N3O2. The quantitative estimate of drug-likeness (QED) is 0.855. The van der Waals surface area contributed by atoms with Gasteiger partial charge in [0.05, 0.1) is 11.6 Å². The third-order valence-corrected chi connectivity index (χ3v) is 3.03. The molecule has 0 fully saturated rings. The Hall–Kier alpha value is -2.19. The number of benzene rings is 1. The lowest BCUT2D eigenvalue weighted by Gasteiger charge is -2.27. The molecular weight excluding hydrogens is 266 g/mol. The second kappa shape index (κ2) is 6.06. The Balaban J connectivity index is 2.34. The lowest BCUT2D eigenvalue weighted by molar-refractivity contribution is -0.0203. The van der Waals surface area contributed by atoms with Gasteiger partial charge in [0.25, 0.3) is 5.89 Å². The minimum Gasteiger partial charge on any atom is -0.370 e. The van der Waals surface area contributed by atoms with Crippen LogP contribution in [-0.2, 0) is 4.74 Å². The van der Waals surface area contributed by atoms with Crippen molar-refractivity contribution in [1.29, 1.82) is 5.26 Å². The molecule has 0 aliphatic carbocycles. The molecule has 0 spiro atoms. The van der Waals surface area contributed by atoms with Crippen molar-refractivity contribution in [2.24, 2.45) is 5.41 Å². The fraction of sp³-hybridized carbons (Fsp3) is 0.438. The highest BCUT2D eigenvalue weighted by atomic mass is 16.5. The first-order chi connectivity index (χ1) is 9.95. The first-order valence-electron chi connectivity index (χ1n) is 6.91. The van der Waals surface area contributed by atoms with Gasteiger partial charge in [0, 0.05) is 12.2 Å². The number of hydrogen-bond acceptors (Lipinski definition) is 5. The molecule has 0 aliphatic heterocycles. The Morgan fingerprint density at radius 1 is 1.38 bits per heavy atom. The zero-order valence-electron chi connectivity index (χ0n) is 12.8. The van der Waals surface area contributed by atoms with Crippen molar-refractivity contribution in [2.75, 3.05) is 6.61 Å². The third kappa shape index (κ3) is 3.47. The Bertz CT molecular complexity index is 650. The maximum Gasteiger partial charge on any atom is 0.258 e. The third-order valence-electron chi connectivity index (χ3n) is 3.03. The summed E-state index contributed by atoms with van der Waals surface area (Å²) in [4.78, 5) is 4.43. The highest BCUT2D eigenvalue weighted by molar-refractivity contribution is 5.56. The predicted octanol–water partition coefficient (Wildman–Crippen LogP) is 3.73. The lowest BCUT2D eigenvalue weighted by atomic mass is 9.88. The summed E-state index contributed by atoms with van der Waals surface area (Å²) in [7, 11) is 0. The number of hydrogen-bond donors (Lipinski definition) is 0. The van der Waals surface area contributed by atoms with E-state index in [1.54, 1.807) is 18.2 Å². The number of nitrogens with zero attached hydrogens (tertiary/aromatic N) is 3. The van der Waals surface area contributed by atoms with Crippen molar-refractivity contribution in [3.05, 3.63) is 35.7 Å². The minimum absolute atomic E-state index is 0.133. The molecule has 0 saturated heterocycles. The van der Waals surface area contributed by atoms with E-state index < -0.39 is 0 Å². The summed E-state index contributed by atoms with van der Waals surface area (Å²) < 4.78 is 11.1. The standard InChI is InChI=1S/C16H19N3O2/c1-5-20-13(16(2,3)4)14-18-15(21-19-14)12-8-6-7-11(9-12)10-17/h6-9,13H,5H2,1-4H3. The molecule has 0 bridgehead atoms. The van der Waals surface area contributed by atoms with Gasteiger partial charge in [0.15, 0.2) is 0 Å². The van der Waals surface area contributed by atoms with Gasteiger partial charge in [-0.2, -0.15) is 10.2 Å². The van der Waals surface area contributed by atoms with Crippen molar-refractivity contribution in [2.45, 2.75) is 33.8 Å². The molecule has 1 heterocycles. The highest BCUT2D eigenvalue weighted by Crippen LogP contribution is 2.35. The number of rotatable bonds is 4. The zero-order valence-corrected chi connectivity index (χ0v) is 12.8. The summed E-state index contributed by atoms with van der Waals surface area (Å²) in [5.74, 6) is 0.928. The van der Waals surface area contributed by atoms with Gasteiger partial charge in [-0.15, -0.1) is 0 Å². The first-order valence-corrected chi connectivity index (χ1v) is 6.91. The molecule has 0 amide bonds. The van der Waals surface area contributed by atoms with E-state index in [-0.39, 0.29) is 11.5 Å². The summed E-state index contributed by atoms with van der Waals surface area (Å²) in [5, 5.41) is 13.0. The van der Waals surface area contributed by atoms with Crippen molar-refractivity contribution >= 4 is 0 Å². The summed E-state index contributed by atoms with van der Waals surface area (Å²) in [6.45, 7) is 8.73. The van der Waals surface area contributed by atoms with Crippen LogP contribution in [0, 0.1) is 16.7 Å². The Kier molecular flexibility index (Phi) is 4.39. The van der Waals surface area contributed by atoms with Crippen LogP contribution < -0.4 is 0 Å². The Morgan fingerprint density at radius 2 is 2.14 bits per heavy atom. The Labute approximate surface area is 124 Å². The largest absolute Gasteiger partial charge is 0.370 e. The molecule has 0 aliphatic rings. The maximum atomic E-state index is 8.94. The minimum atomic E-state index is -0.237. The number of aromatic nitrogens is 2. The zero-order chi connectivity index (χ0) is 15.5. The molecule has 1 atom stereocenters. The topological polar surface area (TPSA) is 71.9 Å². The smallest absolute Gasteiger partial charge is 0.258 e. The second-order valence-corrected chi connectivity index (χ2v) is 5.85. The van der Waals surface area contributed by atoms with Crippen LogP contribution in [0.3, 0.4) is 0 Å². The number of ether oxygens (including phenoxy) is 1. The fourth-order valence-electron chi connectivity index (χ4n) is 2.06. The molecule has 1 aromatic carbocycles. The van der Waals surface area contributed by atoms with Gasteiger partial charge >= 0.3 is 0 Å². The monoisotopic (exact) mass is 285 g/mol. The Morgan fingerprint density at radius 3 is 2.76 bits per heavy atom. The van der Waals surface area contributed by atoms with Gasteiger partial charge in [0.2, 0.25) is 5.82 Å². The van der Waals surface area contributed by atoms with E-state index in [9.17, 15) is 0 Å². The summed E-state index contributed by atoms with van der Waals surface area (Å²) >= 11 is 0. The predicted molar refractivity (Wildman–Crippen MR) is 78.3 cm³/mol. The molecule has 1 aromatic heterocycles. The molecule has 110 valence electrons. The fourth-order valence-corrected chi connectivity index (χ4v) is 2.06. The number of nitriles is 1. The van der Waals surface area contributed by atoms with E-state index >= 15 is 0 Å². The second-order valence-electron chi connectivity index (χ2n) is 5.85.